The molecule has 2 heterocycles. The molecule has 1 N–H and O–H groups in total. The molecule has 88 valence electrons. The standard InChI is InChI=1S/C13H14BrN3/c14-13-16-11-6-2-1-5-10(11)12(17-13)9-4-3-7-15-8-9/h1-2,5-6,9,15H,3-4,7-8H2. The minimum Gasteiger partial charge on any atom is -0.316 e. The molecule has 1 atom stereocenters. The molecule has 0 saturated carbocycles. The Hall–Kier alpha value is -1.00. The largest absolute Gasteiger partial charge is 0.316 e. The molecular weight excluding hydrogens is 278 g/mol. The fourth-order valence-electron chi connectivity index (χ4n) is 2.47. The molecule has 0 bridgehead atoms. The fraction of sp³-hybridized carbons (Fsp3) is 0.385. The number of rotatable bonds is 1. The Morgan fingerprint density at radius 3 is 2.94 bits per heavy atom. The summed E-state index contributed by atoms with van der Waals surface area (Å²) in [7, 11) is 0. The second kappa shape index (κ2) is 4.70. The molecule has 1 fully saturated rings. The number of piperidine rings is 1. The molecule has 4 heteroatoms. The highest BCUT2D eigenvalue weighted by Gasteiger charge is 2.19. The summed E-state index contributed by atoms with van der Waals surface area (Å²) in [4.78, 5) is 9.01. The summed E-state index contributed by atoms with van der Waals surface area (Å²) < 4.78 is 0.691. The van der Waals surface area contributed by atoms with E-state index in [2.05, 4.69) is 43.3 Å². The molecular formula is C13H14BrN3. The van der Waals surface area contributed by atoms with Crippen LogP contribution >= 0.6 is 15.9 Å². The predicted octanol–water partition coefficient (Wildman–Crippen LogP) is 2.86. The van der Waals surface area contributed by atoms with E-state index in [0.29, 0.717) is 10.7 Å². The van der Waals surface area contributed by atoms with E-state index in [1.54, 1.807) is 0 Å². The zero-order chi connectivity index (χ0) is 11.7. The summed E-state index contributed by atoms with van der Waals surface area (Å²) >= 11 is 3.41. The van der Waals surface area contributed by atoms with E-state index in [1.807, 2.05) is 12.1 Å². The van der Waals surface area contributed by atoms with E-state index in [1.165, 1.54) is 23.9 Å². The Kier molecular flexibility index (Phi) is 3.07. The zero-order valence-electron chi connectivity index (χ0n) is 9.49. The van der Waals surface area contributed by atoms with Crippen molar-refractivity contribution in [2.75, 3.05) is 13.1 Å². The summed E-state index contributed by atoms with van der Waals surface area (Å²) in [5.74, 6) is 0.507. The first-order valence-electron chi connectivity index (χ1n) is 5.97. The van der Waals surface area contributed by atoms with E-state index in [9.17, 15) is 0 Å². The van der Waals surface area contributed by atoms with Gasteiger partial charge in [-0.3, -0.25) is 0 Å². The van der Waals surface area contributed by atoms with Crippen LogP contribution in [0, 0.1) is 0 Å². The third kappa shape index (κ3) is 2.19. The first-order valence-corrected chi connectivity index (χ1v) is 6.77. The van der Waals surface area contributed by atoms with Crippen molar-refractivity contribution in [3.8, 4) is 0 Å². The molecule has 0 amide bonds. The van der Waals surface area contributed by atoms with E-state index in [4.69, 9.17) is 0 Å². The van der Waals surface area contributed by atoms with Crippen molar-refractivity contribution >= 4 is 26.8 Å². The average molecular weight is 292 g/mol. The molecule has 1 aromatic heterocycles. The molecule has 3 nitrogen and oxygen atoms in total. The van der Waals surface area contributed by atoms with Gasteiger partial charge in [0.25, 0.3) is 0 Å². The summed E-state index contributed by atoms with van der Waals surface area (Å²) in [6.07, 6.45) is 2.43. The van der Waals surface area contributed by atoms with E-state index in [-0.39, 0.29) is 0 Å². The minimum absolute atomic E-state index is 0.507. The van der Waals surface area contributed by atoms with Crippen LogP contribution in [0.5, 0.6) is 0 Å². The SMILES string of the molecule is Brc1nc(C2CCCNC2)c2ccccc2n1. The molecule has 0 radical (unpaired) electrons. The lowest BCUT2D eigenvalue weighted by Crippen LogP contribution is -2.29. The first kappa shape index (κ1) is 11.1. The van der Waals surface area contributed by atoms with Crippen molar-refractivity contribution in [3.05, 3.63) is 34.7 Å². The number of para-hydroxylation sites is 1. The lowest BCUT2D eigenvalue weighted by molar-refractivity contribution is 0.456. The van der Waals surface area contributed by atoms with Crippen molar-refractivity contribution in [2.45, 2.75) is 18.8 Å². The number of benzene rings is 1. The van der Waals surface area contributed by atoms with E-state index in [0.717, 1.165) is 18.6 Å². The molecule has 1 aliphatic heterocycles. The van der Waals surface area contributed by atoms with Crippen LogP contribution in [0.4, 0.5) is 0 Å². The van der Waals surface area contributed by atoms with Gasteiger partial charge >= 0.3 is 0 Å². The van der Waals surface area contributed by atoms with Gasteiger partial charge in [0.1, 0.15) is 0 Å². The number of nitrogens with zero attached hydrogens (tertiary/aromatic N) is 2. The third-order valence-corrected chi connectivity index (χ3v) is 3.64. The van der Waals surface area contributed by atoms with E-state index < -0.39 is 0 Å². The highest BCUT2D eigenvalue weighted by molar-refractivity contribution is 9.10. The van der Waals surface area contributed by atoms with Crippen LogP contribution in [0.3, 0.4) is 0 Å². The Morgan fingerprint density at radius 1 is 1.24 bits per heavy atom. The van der Waals surface area contributed by atoms with Gasteiger partial charge in [-0.05, 0) is 41.4 Å². The lowest BCUT2D eigenvalue weighted by Gasteiger charge is -2.23. The zero-order valence-corrected chi connectivity index (χ0v) is 11.1. The van der Waals surface area contributed by atoms with Crippen molar-refractivity contribution in [2.24, 2.45) is 0 Å². The number of hydrogen-bond donors (Lipinski definition) is 1. The molecule has 1 aliphatic rings. The molecule has 1 saturated heterocycles. The topological polar surface area (TPSA) is 37.8 Å². The van der Waals surface area contributed by atoms with Crippen molar-refractivity contribution < 1.29 is 0 Å². The monoisotopic (exact) mass is 291 g/mol. The second-order valence-electron chi connectivity index (χ2n) is 4.44. The highest BCUT2D eigenvalue weighted by atomic mass is 79.9. The van der Waals surface area contributed by atoms with Gasteiger partial charge in [-0.15, -0.1) is 0 Å². The van der Waals surface area contributed by atoms with Crippen LogP contribution in [0.25, 0.3) is 10.9 Å². The summed E-state index contributed by atoms with van der Waals surface area (Å²) in [5, 5.41) is 4.63. The lowest BCUT2D eigenvalue weighted by atomic mass is 9.93. The minimum atomic E-state index is 0.507. The van der Waals surface area contributed by atoms with Crippen molar-refractivity contribution in [1.29, 1.82) is 0 Å². The van der Waals surface area contributed by atoms with Crippen molar-refractivity contribution in [1.82, 2.24) is 15.3 Å². The van der Waals surface area contributed by atoms with Gasteiger partial charge in [0, 0.05) is 17.8 Å². The van der Waals surface area contributed by atoms with Crippen LogP contribution in [0.2, 0.25) is 0 Å². The summed E-state index contributed by atoms with van der Waals surface area (Å²) in [6, 6.07) is 8.23. The Labute approximate surface area is 109 Å². The van der Waals surface area contributed by atoms with Crippen LogP contribution in [0.1, 0.15) is 24.5 Å². The quantitative estimate of drug-likeness (QED) is 0.821. The average Bonchev–Trinajstić information content (AvgIpc) is 2.39. The van der Waals surface area contributed by atoms with Gasteiger partial charge in [-0.1, -0.05) is 18.2 Å². The second-order valence-corrected chi connectivity index (χ2v) is 5.15. The highest BCUT2D eigenvalue weighted by Crippen LogP contribution is 2.28. The molecule has 2 aromatic rings. The van der Waals surface area contributed by atoms with Gasteiger partial charge < -0.3 is 5.32 Å². The van der Waals surface area contributed by atoms with Crippen molar-refractivity contribution in [3.63, 3.8) is 0 Å². The molecule has 0 aliphatic carbocycles. The predicted molar refractivity (Wildman–Crippen MR) is 72.1 cm³/mol. The van der Waals surface area contributed by atoms with Gasteiger partial charge in [-0.2, -0.15) is 0 Å². The van der Waals surface area contributed by atoms with E-state index >= 15 is 0 Å². The molecule has 3 rings (SSSR count). The smallest absolute Gasteiger partial charge is 0.197 e. The summed E-state index contributed by atoms with van der Waals surface area (Å²) in [5.41, 5.74) is 2.20. The van der Waals surface area contributed by atoms with Crippen LogP contribution < -0.4 is 5.32 Å². The molecule has 0 spiro atoms. The van der Waals surface area contributed by atoms with Crippen LogP contribution in [-0.4, -0.2) is 23.1 Å². The molecule has 1 aromatic carbocycles. The van der Waals surface area contributed by atoms with Crippen LogP contribution in [0.15, 0.2) is 29.0 Å². The maximum Gasteiger partial charge on any atom is 0.197 e. The normalized spacial score (nSPS) is 20.6. The van der Waals surface area contributed by atoms with Gasteiger partial charge in [0.15, 0.2) is 4.73 Å². The van der Waals surface area contributed by atoms with Gasteiger partial charge in [0.2, 0.25) is 0 Å². The van der Waals surface area contributed by atoms with Gasteiger partial charge in [-0.25, -0.2) is 9.97 Å². The summed E-state index contributed by atoms with van der Waals surface area (Å²) in [6.45, 7) is 2.15. The fourth-order valence-corrected chi connectivity index (χ4v) is 2.85. The Balaban J connectivity index is 2.13. The maximum absolute atomic E-state index is 4.59. The number of aromatic nitrogens is 2. The number of nitrogens with one attached hydrogen (secondary N) is 1. The third-order valence-electron chi connectivity index (χ3n) is 3.29. The van der Waals surface area contributed by atoms with Gasteiger partial charge in [0.05, 0.1) is 11.2 Å². The Morgan fingerprint density at radius 2 is 2.12 bits per heavy atom. The first-order chi connectivity index (χ1) is 8.34. The molecule has 17 heavy (non-hydrogen) atoms. The maximum atomic E-state index is 4.59. The Bertz CT molecular complexity index is 535. The molecule has 1 unspecified atom stereocenters. The number of hydrogen-bond acceptors (Lipinski definition) is 3. The number of halogens is 1. The van der Waals surface area contributed by atoms with Crippen LogP contribution in [-0.2, 0) is 0 Å². The number of fused-ring (bicyclic) bond motifs is 1.